The van der Waals surface area contributed by atoms with Crippen molar-refractivity contribution in [3.63, 3.8) is 0 Å². The Kier molecular flexibility index (Phi) is 4.72. The summed E-state index contributed by atoms with van der Waals surface area (Å²) in [6.07, 6.45) is 0.999. The molecule has 0 unspecified atom stereocenters. The molecule has 0 saturated heterocycles. The molecule has 0 saturated carbocycles. The molecule has 0 spiro atoms. The highest BCUT2D eigenvalue weighted by atomic mass is 32.1. The van der Waals surface area contributed by atoms with Crippen LogP contribution in [-0.4, -0.2) is 11.0 Å². The van der Waals surface area contributed by atoms with E-state index in [9.17, 15) is 0 Å². The fourth-order valence-electron chi connectivity index (χ4n) is 3.71. The van der Waals surface area contributed by atoms with Crippen LogP contribution in [0.25, 0.3) is 0 Å². The van der Waals surface area contributed by atoms with Gasteiger partial charge in [-0.3, -0.25) is 0 Å². The predicted octanol–water partition coefficient (Wildman–Crippen LogP) is 5.81. The average Bonchev–Trinajstić information content (AvgIpc) is 2.69. The number of rotatable bonds is 3. The van der Waals surface area contributed by atoms with E-state index in [1.807, 2.05) is 24.3 Å². The Balaban J connectivity index is 1.69. The lowest BCUT2D eigenvalue weighted by Crippen LogP contribution is -2.43. The van der Waals surface area contributed by atoms with Crippen molar-refractivity contribution in [1.82, 2.24) is 0 Å². The molecule has 2 nitrogen and oxygen atoms in total. The van der Waals surface area contributed by atoms with Crippen LogP contribution in [0, 0.1) is 0 Å². The minimum Gasteiger partial charge on any atom is -0.378 e. The zero-order chi connectivity index (χ0) is 17.9. The summed E-state index contributed by atoms with van der Waals surface area (Å²) < 4.78 is 0. The van der Waals surface area contributed by atoms with Gasteiger partial charge in [0.15, 0.2) is 0 Å². The molecule has 26 heavy (non-hydrogen) atoms. The molecule has 0 fully saturated rings. The number of nitrogens with one attached hydrogen (secondary N) is 1. The summed E-state index contributed by atoms with van der Waals surface area (Å²) in [6.45, 7) is 2.25. The summed E-state index contributed by atoms with van der Waals surface area (Å²) in [5.41, 5.74) is 4.75. The third-order valence-electron chi connectivity index (χ3n) is 4.94. The highest BCUT2D eigenvalue weighted by molar-refractivity contribution is 7.81. The molecule has 1 aliphatic heterocycles. The number of para-hydroxylation sites is 2. The van der Waals surface area contributed by atoms with Crippen LogP contribution in [-0.2, 0) is 0 Å². The summed E-state index contributed by atoms with van der Waals surface area (Å²) in [5.74, 6) is 0. The van der Waals surface area contributed by atoms with Gasteiger partial charge in [-0.15, -0.1) is 0 Å². The van der Waals surface area contributed by atoms with Crippen molar-refractivity contribution in [2.24, 2.45) is 0 Å². The Labute approximate surface area is 160 Å². The van der Waals surface area contributed by atoms with Gasteiger partial charge < -0.3 is 10.2 Å². The van der Waals surface area contributed by atoms with Gasteiger partial charge in [-0.05, 0) is 37.1 Å². The molecular formula is C23H22N2S. The van der Waals surface area contributed by atoms with Gasteiger partial charge in [0.05, 0.1) is 6.04 Å². The molecule has 3 aromatic carbocycles. The molecule has 4 rings (SSSR count). The molecule has 0 aliphatic carbocycles. The van der Waals surface area contributed by atoms with Gasteiger partial charge in [0.1, 0.15) is 4.99 Å². The summed E-state index contributed by atoms with van der Waals surface area (Å²) in [7, 11) is 0. The number of anilines is 2. The van der Waals surface area contributed by atoms with E-state index in [1.54, 1.807) is 0 Å². The Bertz CT molecular complexity index is 892. The highest BCUT2D eigenvalue weighted by Gasteiger charge is 2.32. The summed E-state index contributed by atoms with van der Waals surface area (Å²) in [4.78, 5) is 3.20. The molecule has 0 radical (unpaired) electrons. The number of hydrogen-bond acceptors (Lipinski definition) is 2. The van der Waals surface area contributed by atoms with Crippen LogP contribution in [0.5, 0.6) is 0 Å². The maximum Gasteiger partial charge on any atom is 0.113 e. The molecule has 1 heterocycles. The molecule has 0 amide bonds. The number of benzene rings is 3. The second-order valence-corrected chi connectivity index (χ2v) is 7.13. The van der Waals surface area contributed by atoms with Gasteiger partial charge in [-0.2, -0.15) is 0 Å². The van der Waals surface area contributed by atoms with Crippen molar-refractivity contribution in [3.05, 3.63) is 96.1 Å². The molecule has 1 aliphatic rings. The quantitative estimate of drug-likeness (QED) is 0.594. The van der Waals surface area contributed by atoms with Crippen LogP contribution >= 0.6 is 12.2 Å². The molecule has 130 valence electrons. The second-order valence-electron chi connectivity index (χ2n) is 6.75. The van der Waals surface area contributed by atoms with Crippen LogP contribution < -0.4 is 10.2 Å². The number of fused-ring (bicyclic) bond motifs is 1. The molecule has 3 aromatic rings. The van der Waals surface area contributed by atoms with E-state index in [1.165, 1.54) is 11.3 Å². The minimum atomic E-state index is 0.276. The number of nitrogens with zero attached hydrogens (tertiary/aromatic N) is 1. The van der Waals surface area contributed by atoms with Gasteiger partial charge in [0, 0.05) is 23.0 Å². The topological polar surface area (TPSA) is 15.3 Å². The Morgan fingerprint density at radius 1 is 0.885 bits per heavy atom. The first-order valence-corrected chi connectivity index (χ1v) is 9.44. The highest BCUT2D eigenvalue weighted by Crippen LogP contribution is 2.39. The lowest BCUT2D eigenvalue weighted by Gasteiger charge is -2.41. The first-order valence-electron chi connectivity index (χ1n) is 9.03. The first kappa shape index (κ1) is 16.8. The SMILES string of the molecule is C[C@@H]1C[C@H](Nc2ccccc2)c2ccccc2N1C(=S)c1ccccc1. The molecule has 0 aromatic heterocycles. The van der Waals surface area contributed by atoms with E-state index in [4.69, 9.17) is 12.2 Å². The van der Waals surface area contributed by atoms with Crippen LogP contribution in [0.3, 0.4) is 0 Å². The second kappa shape index (κ2) is 7.30. The maximum absolute atomic E-state index is 5.87. The number of thiocarbonyl (C=S) groups is 1. The van der Waals surface area contributed by atoms with Gasteiger partial charge in [0.2, 0.25) is 0 Å². The average molecular weight is 359 g/mol. The van der Waals surface area contributed by atoms with E-state index in [2.05, 4.69) is 77.8 Å². The van der Waals surface area contributed by atoms with Crippen LogP contribution in [0.4, 0.5) is 11.4 Å². The zero-order valence-corrected chi connectivity index (χ0v) is 15.6. The van der Waals surface area contributed by atoms with Crippen molar-refractivity contribution < 1.29 is 0 Å². The molecule has 1 N–H and O–H groups in total. The van der Waals surface area contributed by atoms with Crippen molar-refractivity contribution >= 4 is 28.6 Å². The van der Waals surface area contributed by atoms with Crippen molar-refractivity contribution in [2.75, 3.05) is 10.2 Å². The van der Waals surface area contributed by atoms with Crippen LogP contribution in [0.15, 0.2) is 84.9 Å². The zero-order valence-electron chi connectivity index (χ0n) is 14.8. The lowest BCUT2D eigenvalue weighted by atomic mass is 9.91. The summed E-state index contributed by atoms with van der Waals surface area (Å²) >= 11 is 5.87. The first-order chi connectivity index (χ1) is 12.7. The monoisotopic (exact) mass is 358 g/mol. The third-order valence-corrected chi connectivity index (χ3v) is 5.38. The molecule has 2 atom stereocenters. The smallest absolute Gasteiger partial charge is 0.113 e. The van der Waals surface area contributed by atoms with Gasteiger partial charge in [-0.1, -0.05) is 78.9 Å². The lowest BCUT2D eigenvalue weighted by molar-refractivity contribution is 0.564. The van der Waals surface area contributed by atoms with E-state index >= 15 is 0 Å². The van der Waals surface area contributed by atoms with Gasteiger partial charge >= 0.3 is 0 Å². The maximum atomic E-state index is 5.87. The number of hydrogen-bond donors (Lipinski definition) is 1. The van der Waals surface area contributed by atoms with E-state index in [0.717, 1.165) is 22.7 Å². The molecular weight excluding hydrogens is 336 g/mol. The largest absolute Gasteiger partial charge is 0.378 e. The summed E-state index contributed by atoms with van der Waals surface area (Å²) in [5, 5.41) is 3.70. The Hall–Kier alpha value is -2.65. The molecule has 3 heteroatoms. The third kappa shape index (κ3) is 3.23. The predicted molar refractivity (Wildman–Crippen MR) is 114 cm³/mol. The van der Waals surface area contributed by atoms with Crippen molar-refractivity contribution in [3.8, 4) is 0 Å². The van der Waals surface area contributed by atoms with Crippen molar-refractivity contribution in [1.29, 1.82) is 0 Å². The normalized spacial score (nSPS) is 18.9. The van der Waals surface area contributed by atoms with Crippen LogP contribution in [0.1, 0.15) is 30.5 Å². The van der Waals surface area contributed by atoms with Crippen molar-refractivity contribution in [2.45, 2.75) is 25.4 Å². The van der Waals surface area contributed by atoms with E-state index in [0.29, 0.717) is 6.04 Å². The summed E-state index contributed by atoms with van der Waals surface area (Å²) in [6, 6.07) is 29.9. The molecule has 0 bridgehead atoms. The Morgan fingerprint density at radius 2 is 1.50 bits per heavy atom. The van der Waals surface area contributed by atoms with Crippen LogP contribution in [0.2, 0.25) is 0 Å². The Morgan fingerprint density at radius 3 is 2.23 bits per heavy atom. The fraction of sp³-hybridized carbons (Fsp3) is 0.174. The fourth-order valence-corrected chi connectivity index (χ4v) is 4.13. The van der Waals surface area contributed by atoms with Gasteiger partial charge in [-0.25, -0.2) is 0 Å². The van der Waals surface area contributed by atoms with Gasteiger partial charge in [0.25, 0.3) is 0 Å². The van der Waals surface area contributed by atoms with E-state index in [-0.39, 0.29) is 6.04 Å². The minimum absolute atomic E-state index is 0.276. The standard InChI is InChI=1S/C23H22N2S/c1-17-16-21(24-19-12-6-3-7-13-19)20-14-8-9-15-22(20)25(17)23(26)18-10-4-2-5-11-18/h2-15,17,21,24H,16H2,1H3/t17-,21+/m1/s1. The van der Waals surface area contributed by atoms with E-state index < -0.39 is 0 Å².